The second kappa shape index (κ2) is 19.7. The molecule has 0 aromatic heterocycles. The summed E-state index contributed by atoms with van der Waals surface area (Å²) in [5, 5.41) is 29.7. The number of aromatic hydroxyl groups is 1. The average molecular weight is 650 g/mol. The van der Waals surface area contributed by atoms with Crippen LogP contribution in [0.15, 0.2) is 54.6 Å². The number of aliphatic hydroxyl groups is 1. The molecule has 0 radical (unpaired) electrons. The highest BCUT2D eigenvalue weighted by atomic mass is 32.2. The van der Waals surface area contributed by atoms with Gasteiger partial charge in [-0.2, -0.15) is 11.8 Å². The molecule has 0 aliphatic heterocycles. The van der Waals surface area contributed by atoms with E-state index in [1.165, 1.54) is 30.2 Å². The molecule has 0 saturated carbocycles. The Kier molecular flexibility index (Phi) is 16.5. The molecule has 2 aromatic rings. The normalized spacial score (nSPS) is 14.4. The zero-order chi connectivity index (χ0) is 32.5. The molecule has 0 heterocycles. The first kappa shape index (κ1) is 36.7. The van der Waals surface area contributed by atoms with Crippen LogP contribution in [0.3, 0.4) is 0 Å². The summed E-state index contributed by atoms with van der Waals surface area (Å²) in [5.41, 5.74) is 7.60. The molecule has 242 valence electrons. The smallest absolute Gasteiger partial charge is 0.243 e. The Bertz CT molecular complexity index is 1230. The molecule has 0 aliphatic rings. The van der Waals surface area contributed by atoms with Crippen molar-refractivity contribution in [2.75, 3.05) is 37.2 Å². The van der Waals surface area contributed by atoms with Crippen LogP contribution < -0.4 is 27.0 Å². The highest BCUT2D eigenvalue weighted by Gasteiger charge is 2.26. The van der Waals surface area contributed by atoms with Crippen molar-refractivity contribution >= 4 is 46.2 Å². The first-order valence-electron chi connectivity index (χ1n) is 14.2. The van der Waals surface area contributed by atoms with Gasteiger partial charge in [0.2, 0.25) is 23.6 Å². The Balaban J connectivity index is 2.01. The third kappa shape index (κ3) is 13.9. The van der Waals surface area contributed by atoms with Crippen molar-refractivity contribution in [1.29, 1.82) is 0 Å². The fourth-order valence-electron chi connectivity index (χ4n) is 4.18. The van der Waals surface area contributed by atoms with Crippen molar-refractivity contribution in [2.24, 2.45) is 5.73 Å². The van der Waals surface area contributed by atoms with E-state index in [1.807, 2.05) is 24.5 Å². The second-order valence-corrected chi connectivity index (χ2v) is 12.8. The monoisotopic (exact) mass is 649 g/mol. The zero-order valence-electron chi connectivity index (χ0n) is 25.0. The van der Waals surface area contributed by atoms with Crippen LogP contribution in [-0.4, -0.2) is 99.4 Å². The summed E-state index contributed by atoms with van der Waals surface area (Å²) in [5.74, 6) is -1.30. The van der Waals surface area contributed by atoms with Gasteiger partial charge in [-0.05, 0) is 54.5 Å². The summed E-state index contributed by atoms with van der Waals surface area (Å²) in [4.78, 5) is 51.8. The van der Waals surface area contributed by atoms with Gasteiger partial charge < -0.3 is 37.2 Å². The largest absolute Gasteiger partial charge is 0.508 e. The number of hydrogen-bond acceptors (Lipinski definition) is 9. The third-order valence-electron chi connectivity index (χ3n) is 6.65. The first-order chi connectivity index (χ1) is 21.0. The number of aliphatic hydroxyl groups excluding tert-OH is 1. The van der Waals surface area contributed by atoms with E-state index in [1.54, 1.807) is 24.3 Å². The van der Waals surface area contributed by atoms with E-state index in [0.717, 1.165) is 11.1 Å². The number of carbonyl (C=O) groups excluding carboxylic acids is 4. The molecule has 0 fully saturated rings. The maximum absolute atomic E-state index is 13.1. The zero-order valence-corrected chi connectivity index (χ0v) is 26.6. The number of phenolic OH excluding ortho intramolecular Hbond substituents is 1. The van der Waals surface area contributed by atoms with Gasteiger partial charge in [-0.3, -0.25) is 23.4 Å². The fourth-order valence-corrected chi connectivity index (χ4v) is 5.26. The Labute approximate surface area is 264 Å². The first-order valence-corrected chi connectivity index (χ1v) is 17.3. The minimum Gasteiger partial charge on any atom is -0.508 e. The van der Waals surface area contributed by atoms with Crippen LogP contribution in [-0.2, 0) is 42.8 Å². The van der Waals surface area contributed by atoms with Gasteiger partial charge in [0.05, 0.1) is 25.2 Å². The summed E-state index contributed by atoms with van der Waals surface area (Å²) in [7, 11) is -1.10. The van der Waals surface area contributed by atoms with Gasteiger partial charge in [0.1, 0.15) is 17.8 Å². The lowest BCUT2D eigenvalue weighted by Crippen LogP contribution is -2.55. The Hall–Kier alpha value is -3.46. The maximum atomic E-state index is 13.1. The molecule has 12 nitrogen and oxygen atoms in total. The molecule has 4 amide bonds. The van der Waals surface area contributed by atoms with Crippen LogP contribution in [0.1, 0.15) is 24.0 Å². The molecule has 5 atom stereocenters. The molecule has 2 aromatic carbocycles. The van der Waals surface area contributed by atoms with Gasteiger partial charge >= 0.3 is 0 Å². The summed E-state index contributed by atoms with van der Waals surface area (Å²) in [6, 6.07) is 11.8. The van der Waals surface area contributed by atoms with Crippen LogP contribution >= 0.6 is 11.8 Å². The standard InChI is InChI=1S/C30H43N5O7S2/c1-43-14-12-25(35-28(39)24(31)16-21-8-10-23(37)11-9-21)29(40)32-18-27(38)34-26(17-20-6-4-3-5-7-20)30(41)33-22(19-36)13-15-44(2)42/h3-11,22,24-26,36-37H,12-19,31H2,1-2H3,(H,32,40)(H,33,41)(H,34,38)(H,35,39)/t22-,24-,25+,26-,44?/m0/s1. The molecule has 0 bridgehead atoms. The summed E-state index contributed by atoms with van der Waals surface area (Å²) in [6.45, 7) is -0.798. The summed E-state index contributed by atoms with van der Waals surface area (Å²) >= 11 is 1.49. The van der Waals surface area contributed by atoms with E-state index >= 15 is 0 Å². The molecule has 0 aliphatic carbocycles. The van der Waals surface area contributed by atoms with E-state index in [-0.39, 0.29) is 25.2 Å². The van der Waals surface area contributed by atoms with Gasteiger partial charge in [0.15, 0.2) is 0 Å². The van der Waals surface area contributed by atoms with Crippen LogP contribution in [0, 0.1) is 0 Å². The molecular formula is C30H43N5O7S2. The van der Waals surface area contributed by atoms with Crippen molar-refractivity contribution < 1.29 is 33.6 Å². The quantitative estimate of drug-likeness (QED) is 0.106. The van der Waals surface area contributed by atoms with E-state index in [0.29, 0.717) is 24.3 Å². The van der Waals surface area contributed by atoms with Crippen molar-refractivity contribution in [3.05, 3.63) is 65.7 Å². The van der Waals surface area contributed by atoms with Gasteiger partial charge in [-0.25, -0.2) is 0 Å². The molecule has 2 rings (SSSR count). The minimum atomic E-state index is -1.10. The average Bonchev–Trinajstić information content (AvgIpc) is 3.00. The predicted molar refractivity (Wildman–Crippen MR) is 172 cm³/mol. The van der Waals surface area contributed by atoms with Crippen LogP contribution in [0.2, 0.25) is 0 Å². The third-order valence-corrected chi connectivity index (χ3v) is 8.10. The van der Waals surface area contributed by atoms with Crippen molar-refractivity contribution in [3.8, 4) is 5.75 Å². The molecule has 14 heteroatoms. The number of nitrogens with one attached hydrogen (secondary N) is 4. The number of benzene rings is 2. The Morgan fingerprint density at radius 2 is 1.52 bits per heavy atom. The lowest BCUT2D eigenvalue weighted by Gasteiger charge is -2.23. The van der Waals surface area contributed by atoms with E-state index < -0.39 is 65.1 Å². The highest BCUT2D eigenvalue weighted by molar-refractivity contribution is 7.98. The topological polar surface area (TPSA) is 200 Å². The van der Waals surface area contributed by atoms with Crippen LogP contribution in [0.5, 0.6) is 5.75 Å². The lowest BCUT2D eigenvalue weighted by atomic mass is 10.0. The van der Waals surface area contributed by atoms with E-state index in [2.05, 4.69) is 21.3 Å². The number of phenols is 1. The number of carbonyl (C=O) groups is 4. The lowest BCUT2D eigenvalue weighted by molar-refractivity contribution is -0.132. The molecule has 0 saturated heterocycles. The van der Waals surface area contributed by atoms with Gasteiger partial charge in [0.25, 0.3) is 0 Å². The van der Waals surface area contributed by atoms with Gasteiger partial charge in [-0.15, -0.1) is 0 Å². The maximum Gasteiger partial charge on any atom is 0.243 e. The molecule has 8 N–H and O–H groups in total. The Morgan fingerprint density at radius 3 is 2.14 bits per heavy atom. The predicted octanol–water partition coefficient (Wildman–Crippen LogP) is -0.411. The summed E-state index contributed by atoms with van der Waals surface area (Å²) < 4.78 is 11.5. The number of hydrogen-bond donors (Lipinski definition) is 7. The second-order valence-electron chi connectivity index (χ2n) is 10.3. The highest BCUT2D eigenvalue weighted by Crippen LogP contribution is 2.11. The van der Waals surface area contributed by atoms with Crippen LogP contribution in [0.25, 0.3) is 0 Å². The minimum absolute atomic E-state index is 0.0942. The van der Waals surface area contributed by atoms with E-state index in [9.17, 15) is 33.6 Å². The number of rotatable bonds is 19. The van der Waals surface area contributed by atoms with Crippen molar-refractivity contribution in [3.63, 3.8) is 0 Å². The fraction of sp³-hybridized carbons (Fsp3) is 0.467. The van der Waals surface area contributed by atoms with Gasteiger partial charge in [-0.1, -0.05) is 42.5 Å². The Morgan fingerprint density at radius 1 is 0.864 bits per heavy atom. The van der Waals surface area contributed by atoms with Crippen molar-refractivity contribution in [1.82, 2.24) is 21.3 Å². The number of thioether (sulfide) groups is 1. The number of nitrogens with two attached hydrogens (primary N) is 1. The molecule has 1 unspecified atom stereocenters. The molecule has 0 spiro atoms. The van der Waals surface area contributed by atoms with E-state index in [4.69, 9.17) is 5.73 Å². The van der Waals surface area contributed by atoms with Crippen molar-refractivity contribution in [2.45, 2.75) is 49.9 Å². The van der Waals surface area contributed by atoms with Crippen LogP contribution in [0.4, 0.5) is 0 Å². The summed E-state index contributed by atoms with van der Waals surface area (Å²) in [6.07, 6.45) is 4.36. The molecular weight excluding hydrogens is 606 g/mol. The molecule has 44 heavy (non-hydrogen) atoms. The van der Waals surface area contributed by atoms with Gasteiger partial charge in [0, 0.05) is 29.2 Å². The SMILES string of the molecule is CSCC[C@@H](NC(=O)[C@@H](N)Cc1ccc(O)cc1)C(=O)NCC(=O)N[C@@H](Cc1ccccc1)C(=O)N[C@H](CO)CCS(C)=O. The number of amides is 4.